The molecule has 4 aromatic rings. The maximum atomic E-state index is 13.1. The number of anilines is 1. The summed E-state index contributed by atoms with van der Waals surface area (Å²) >= 11 is 6.19. The third kappa shape index (κ3) is 4.78. The van der Waals surface area contributed by atoms with E-state index in [1.807, 2.05) is 0 Å². The number of amides is 2. The molecule has 4 rings (SSSR count). The summed E-state index contributed by atoms with van der Waals surface area (Å²) in [6.45, 7) is -0.171. The molecule has 0 spiro atoms. The summed E-state index contributed by atoms with van der Waals surface area (Å²) in [5, 5.41) is 23.4. The van der Waals surface area contributed by atoms with E-state index in [1.54, 1.807) is 36.7 Å². The van der Waals surface area contributed by atoms with Crippen LogP contribution in [0, 0.1) is 0 Å². The van der Waals surface area contributed by atoms with Crippen LogP contribution in [-0.2, 0) is 11.3 Å². The molecular formula is C21H20ClN7O4. The van der Waals surface area contributed by atoms with E-state index in [9.17, 15) is 9.59 Å². The number of hydrogen-bond acceptors (Lipinski definition) is 7. The topological polar surface area (TPSA) is 136 Å². The summed E-state index contributed by atoms with van der Waals surface area (Å²) in [5.74, 6) is -0.307. The molecule has 0 aliphatic carbocycles. The normalized spacial score (nSPS) is 10.9. The zero-order valence-electron chi connectivity index (χ0n) is 17.5. The summed E-state index contributed by atoms with van der Waals surface area (Å²) in [6, 6.07) is 6.72. The van der Waals surface area contributed by atoms with Gasteiger partial charge < -0.3 is 20.5 Å². The second-order valence-electron chi connectivity index (χ2n) is 6.91. The standard InChI is InChI=1S/C21H20ClN7O4/c1-33-17-4-3-13(22)9-14(17)19-16(11-28(27-19)12-18(31)23-6-8-30)26-21(32)15-10-25-29-7-2-5-24-20(15)29/h2-5,7,9-11,30H,6,8,12H2,1H3,(H,23,31)(H,26,32). The third-order valence-electron chi connectivity index (χ3n) is 4.69. The van der Waals surface area contributed by atoms with Crippen LogP contribution in [0.3, 0.4) is 0 Å². The van der Waals surface area contributed by atoms with Gasteiger partial charge in [0.05, 0.1) is 25.6 Å². The number of carbonyl (C=O) groups excluding carboxylic acids is 2. The monoisotopic (exact) mass is 469 g/mol. The van der Waals surface area contributed by atoms with Gasteiger partial charge in [0.25, 0.3) is 5.91 Å². The Labute approximate surface area is 193 Å². The number of nitrogens with one attached hydrogen (secondary N) is 2. The predicted octanol–water partition coefficient (Wildman–Crippen LogP) is 1.62. The first-order valence-electron chi connectivity index (χ1n) is 9.88. The molecule has 33 heavy (non-hydrogen) atoms. The number of methoxy groups -OCH3 is 1. The maximum absolute atomic E-state index is 13.1. The Hall–Kier alpha value is -3.96. The molecule has 0 unspecified atom stereocenters. The molecule has 0 radical (unpaired) electrons. The molecule has 0 atom stereocenters. The van der Waals surface area contributed by atoms with Crippen molar-refractivity contribution in [3.8, 4) is 17.0 Å². The van der Waals surface area contributed by atoms with Crippen LogP contribution in [0.2, 0.25) is 5.02 Å². The van der Waals surface area contributed by atoms with E-state index in [-0.39, 0.29) is 31.2 Å². The first kappa shape index (κ1) is 22.2. The number of fused-ring (bicyclic) bond motifs is 1. The highest BCUT2D eigenvalue weighted by molar-refractivity contribution is 6.31. The summed E-state index contributed by atoms with van der Waals surface area (Å²) < 4.78 is 8.31. The molecule has 0 saturated heterocycles. The molecule has 170 valence electrons. The SMILES string of the molecule is COc1ccc(Cl)cc1-c1nn(CC(=O)NCCO)cc1NC(=O)c1cnn2cccnc12. The minimum Gasteiger partial charge on any atom is -0.496 e. The maximum Gasteiger partial charge on any atom is 0.261 e. The number of benzene rings is 1. The Morgan fingerprint density at radius 1 is 1.30 bits per heavy atom. The van der Waals surface area contributed by atoms with Gasteiger partial charge in [0, 0.05) is 35.7 Å². The highest BCUT2D eigenvalue weighted by Gasteiger charge is 2.21. The molecule has 0 saturated carbocycles. The van der Waals surface area contributed by atoms with Crippen LogP contribution in [0.5, 0.6) is 5.75 Å². The van der Waals surface area contributed by atoms with Crippen LogP contribution in [0.4, 0.5) is 5.69 Å². The first-order chi connectivity index (χ1) is 16.0. The van der Waals surface area contributed by atoms with Gasteiger partial charge in [-0.05, 0) is 24.3 Å². The molecule has 2 amide bonds. The van der Waals surface area contributed by atoms with E-state index in [1.165, 1.54) is 28.7 Å². The number of ether oxygens (including phenoxy) is 1. The molecule has 3 N–H and O–H groups in total. The molecule has 11 nitrogen and oxygen atoms in total. The van der Waals surface area contributed by atoms with Gasteiger partial charge in [0.15, 0.2) is 5.65 Å². The average Bonchev–Trinajstić information content (AvgIpc) is 3.41. The minimum absolute atomic E-state index is 0.121. The number of hydrogen-bond donors (Lipinski definition) is 3. The van der Waals surface area contributed by atoms with Crippen LogP contribution in [0.15, 0.2) is 49.1 Å². The zero-order valence-corrected chi connectivity index (χ0v) is 18.3. The van der Waals surface area contributed by atoms with Crippen molar-refractivity contribution in [2.45, 2.75) is 6.54 Å². The van der Waals surface area contributed by atoms with Gasteiger partial charge in [-0.2, -0.15) is 10.2 Å². The van der Waals surface area contributed by atoms with E-state index >= 15 is 0 Å². The first-order valence-corrected chi connectivity index (χ1v) is 10.3. The lowest BCUT2D eigenvalue weighted by Crippen LogP contribution is -2.30. The largest absolute Gasteiger partial charge is 0.496 e. The van der Waals surface area contributed by atoms with Crippen LogP contribution >= 0.6 is 11.6 Å². The molecule has 12 heteroatoms. The summed E-state index contributed by atoms with van der Waals surface area (Å²) in [7, 11) is 1.51. The fourth-order valence-corrected chi connectivity index (χ4v) is 3.41. The van der Waals surface area contributed by atoms with Crippen molar-refractivity contribution >= 4 is 34.7 Å². The smallest absolute Gasteiger partial charge is 0.261 e. The van der Waals surface area contributed by atoms with Gasteiger partial charge in [-0.3, -0.25) is 14.3 Å². The lowest BCUT2D eigenvalue weighted by Gasteiger charge is -2.09. The summed E-state index contributed by atoms with van der Waals surface area (Å²) in [5.41, 5.74) is 1.90. The molecule has 0 fully saturated rings. The van der Waals surface area contributed by atoms with Gasteiger partial charge in [-0.1, -0.05) is 11.6 Å². The number of rotatable bonds is 8. The summed E-state index contributed by atoms with van der Waals surface area (Å²) in [4.78, 5) is 29.4. The fourth-order valence-electron chi connectivity index (χ4n) is 3.23. The highest BCUT2D eigenvalue weighted by atomic mass is 35.5. The van der Waals surface area contributed by atoms with Gasteiger partial charge in [-0.25, -0.2) is 9.50 Å². The van der Waals surface area contributed by atoms with Crippen molar-refractivity contribution in [2.75, 3.05) is 25.6 Å². The molecule has 3 heterocycles. The van der Waals surface area contributed by atoms with E-state index in [0.29, 0.717) is 33.4 Å². The van der Waals surface area contributed by atoms with Crippen molar-refractivity contribution in [1.82, 2.24) is 29.7 Å². The van der Waals surface area contributed by atoms with Crippen molar-refractivity contribution < 1.29 is 19.4 Å². The van der Waals surface area contributed by atoms with Crippen molar-refractivity contribution in [3.05, 3.63) is 59.6 Å². The van der Waals surface area contributed by atoms with Gasteiger partial charge in [0.2, 0.25) is 5.91 Å². The van der Waals surface area contributed by atoms with E-state index in [0.717, 1.165) is 0 Å². The van der Waals surface area contributed by atoms with E-state index in [2.05, 4.69) is 25.8 Å². The Kier molecular flexibility index (Phi) is 6.52. The molecule has 1 aromatic carbocycles. The average molecular weight is 470 g/mol. The second kappa shape index (κ2) is 9.67. The van der Waals surface area contributed by atoms with Crippen molar-refractivity contribution in [2.24, 2.45) is 0 Å². The quantitative estimate of drug-likeness (QED) is 0.356. The van der Waals surface area contributed by atoms with Crippen LogP contribution in [0.25, 0.3) is 16.9 Å². The van der Waals surface area contributed by atoms with Gasteiger partial charge in [-0.15, -0.1) is 0 Å². The van der Waals surface area contributed by atoms with Crippen LogP contribution in [0.1, 0.15) is 10.4 Å². The Morgan fingerprint density at radius 3 is 2.94 bits per heavy atom. The van der Waals surface area contributed by atoms with Crippen molar-refractivity contribution in [1.29, 1.82) is 0 Å². The van der Waals surface area contributed by atoms with E-state index in [4.69, 9.17) is 21.4 Å². The third-order valence-corrected chi connectivity index (χ3v) is 4.93. The lowest BCUT2D eigenvalue weighted by atomic mass is 10.1. The number of aliphatic hydroxyl groups excluding tert-OH is 1. The molecule has 0 aliphatic heterocycles. The summed E-state index contributed by atoms with van der Waals surface area (Å²) in [6.07, 6.45) is 6.21. The Bertz CT molecular complexity index is 1320. The Morgan fingerprint density at radius 2 is 2.15 bits per heavy atom. The van der Waals surface area contributed by atoms with Crippen molar-refractivity contribution in [3.63, 3.8) is 0 Å². The fraction of sp³-hybridized carbons (Fsp3) is 0.190. The number of halogens is 1. The molecule has 0 bridgehead atoms. The molecule has 0 aliphatic rings. The lowest BCUT2D eigenvalue weighted by molar-refractivity contribution is -0.122. The highest BCUT2D eigenvalue weighted by Crippen LogP contribution is 2.36. The van der Waals surface area contributed by atoms with Gasteiger partial charge in [0.1, 0.15) is 23.6 Å². The predicted molar refractivity (Wildman–Crippen MR) is 120 cm³/mol. The molecule has 3 aromatic heterocycles. The Balaban J connectivity index is 1.71. The van der Waals surface area contributed by atoms with E-state index < -0.39 is 5.91 Å². The number of nitrogens with zero attached hydrogens (tertiary/aromatic N) is 5. The zero-order chi connectivity index (χ0) is 23.4. The number of aliphatic hydroxyl groups is 1. The second-order valence-corrected chi connectivity index (χ2v) is 7.34. The van der Waals surface area contributed by atoms with Crippen LogP contribution < -0.4 is 15.4 Å². The number of carbonyl (C=O) groups is 2. The number of aromatic nitrogens is 5. The van der Waals surface area contributed by atoms with Crippen LogP contribution in [-0.4, -0.2) is 61.6 Å². The molecular weight excluding hydrogens is 450 g/mol. The van der Waals surface area contributed by atoms with Gasteiger partial charge >= 0.3 is 0 Å². The minimum atomic E-state index is -0.449.